The van der Waals surface area contributed by atoms with Crippen LogP contribution in [0.1, 0.15) is 25.1 Å². The van der Waals surface area contributed by atoms with Crippen molar-refractivity contribution in [2.75, 3.05) is 19.7 Å². The third-order valence-electron chi connectivity index (χ3n) is 6.20. The van der Waals surface area contributed by atoms with Crippen molar-refractivity contribution in [1.82, 2.24) is 19.8 Å². The quantitative estimate of drug-likeness (QED) is 0.467. The number of amides is 2. The maximum Gasteiger partial charge on any atom is 0.246 e. The standard InChI is InChI=1S/C27H31ClN4O3/c1-6-24(34)31-12-20(13-31)30-23(33)14-32-18(5)25(22-11-19(28)10-17(4)26(22)32)21-8-7-9-29-27(21)35-15-16(2)3/h6-11,16,20H,1,12-15H2,2-5H3,(H,30,33). The first-order valence-electron chi connectivity index (χ1n) is 11.8. The van der Waals surface area contributed by atoms with E-state index in [-0.39, 0.29) is 24.4 Å². The maximum atomic E-state index is 13.0. The van der Waals surface area contributed by atoms with Crippen LogP contribution >= 0.6 is 11.6 Å². The van der Waals surface area contributed by atoms with E-state index in [9.17, 15) is 9.59 Å². The molecule has 3 heterocycles. The van der Waals surface area contributed by atoms with E-state index in [1.54, 1.807) is 11.1 Å². The lowest BCUT2D eigenvalue weighted by atomic mass is 10.0. The van der Waals surface area contributed by atoms with E-state index in [1.807, 2.05) is 42.7 Å². The van der Waals surface area contributed by atoms with Crippen LogP contribution in [0.2, 0.25) is 5.02 Å². The molecule has 0 spiro atoms. The Morgan fingerprint density at radius 2 is 2.06 bits per heavy atom. The van der Waals surface area contributed by atoms with Crippen molar-refractivity contribution in [2.45, 2.75) is 40.3 Å². The average molecular weight is 495 g/mol. The minimum absolute atomic E-state index is 0.0575. The predicted molar refractivity (Wildman–Crippen MR) is 139 cm³/mol. The number of aryl methyl sites for hydroxylation is 1. The maximum absolute atomic E-state index is 13.0. The smallest absolute Gasteiger partial charge is 0.246 e. The molecule has 0 bridgehead atoms. The molecule has 0 radical (unpaired) electrons. The molecule has 8 heteroatoms. The van der Waals surface area contributed by atoms with Crippen LogP contribution in [0.15, 0.2) is 43.1 Å². The summed E-state index contributed by atoms with van der Waals surface area (Å²) >= 11 is 6.47. The summed E-state index contributed by atoms with van der Waals surface area (Å²) in [7, 11) is 0. The first-order valence-corrected chi connectivity index (χ1v) is 12.1. The second-order valence-electron chi connectivity index (χ2n) is 9.44. The van der Waals surface area contributed by atoms with Gasteiger partial charge >= 0.3 is 0 Å². The van der Waals surface area contributed by atoms with Crippen LogP contribution in [-0.4, -0.2) is 52.0 Å². The van der Waals surface area contributed by atoms with Gasteiger partial charge in [-0.1, -0.05) is 32.0 Å². The number of fused-ring (bicyclic) bond motifs is 1. The van der Waals surface area contributed by atoms with Crippen molar-refractivity contribution in [3.63, 3.8) is 0 Å². The van der Waals surface area contributed by atoms with Crippen molar-refractivity contribution in [3.05, 3.63) is 59.4 Å². The highest BCUT2D eigenvalue weighted by molar-refractivity contribution is 6.31. The van der Waals surface area contributed by atoms with E-state index in [4.69, 9.17) is 16.3 Å². The highest BCUT2D eigenvalue weighted by Crippen LogP contribution is 2.40. The van der Waals surface area contributed by atoms with Gasteiger partial charge in [0.15, 0.2) is 0 Å². The molecule has 184 valence electrons. The van der Waals surface area contributed by atoms with Crippen LogP contribution in [0.5, 0.6) is 5.88 Å². The molecule has 1 fully saturated rings. The number of halogens is 1. The number of nitrogens with one attached hydrogen (secondary N) is 1. The number of hydrogen-bond donors (Lipinski definition) is 1. The molecule has 0 saturated carbocycles. The molecule has 0 aliphatic carbocycles. The van der Waals surface area contributed by atoms with Crippen LogP contribution in [0, 0.1) is 19.8 Å². The fourth-order valence-electron chi connectivity index (χ4n) is 4.56. The molecule has 2 aromatic heterocycles. The normalized spacial score (nSPS) is 13.7. The summed E-state index contributed by atoms with van der Waals surface area (Å²) < 4.78 is 8.07. The van der Waals surface area contributed by atoms with E-state index in [0.29, 0.717) is 36.5 Å². The van der Waals surface area contributed by atoms with Gasteiger partial charge in [0, 0.05) is 46.5 Å². The molecule has 1 saturated heterocycles. The topological polar surface area (TPSA) is 76.5 Å². The van der Waals surface area contributed by atoms with Crippen molar-refractivity contribution >= 4 is 34.3 Å². The summed E-state index contributed by atoms with van der Waals surface area (Å²) in [6.07, 6.45) is 3.01. The highest BCUT2D eigenvalue weighted by Gasteiger charge is 2.31. The van der Waals surface area contributed by atoms with Gasteiger partial charge < -0.3 is 19.5 Å². The molecule has 4 rings (SSSR count). The molecule has 35 heavy (non-hydrogen) atoms. The second-order valence-corrected chi connectivity index (χ2v) is 9.87. The summed E-state index contributed by atoms with van der Waals surface area (Å²) in [6, 6.07) is 7.66. The molecular formula is C27H31ClN4O3. The van der Waals surface area contributed by atoms with Gasteiger partial charge in [-0.3, -0.25) is 9.59 Å². The van der Waals surface area contributed by atoms with E-state index < -0.39 is 0 Å². The van der Waals surface area contributed by atoms with E-state index >= 15 is 0 Å². The minimum Gasteiger partial charge on any atom is -0.477 e. The SMILES string of the molecule is C=CC(=O)N1CC(NC(=O)Cn2c(C)c(-c3cccnc3OCC(C)C)c3cc(Cl)cc(C)c32)C1. The molecule has 1 aliphatic heterocycles. The summed E-state index contributed by atoms with van der Waals surface area (Å²) in [5, 5.41) is 4.62. The Labute approximate surface area is 210 Å². The Hall–Kier alpha value is -3.32. The van der Waals surface area contributed by atoms with Crippen LogP contribution in [-0.2, 0) is 16.1 Å². The van der Waals surface area contributed by atoms with Crippen LogP contribution in [0.3, 0.4) is 0 Å². The second kappa shape index (κ2) is 10.1. The molecule has 1 aromatic carbocycles. The van der Waals surface area contributed by atoms with Crippen molar-refractivity contribution < 1.29 is 14.3 Å². The third kappa shape index (κ3) is 5.05. The first kappa shape index (κ1) is 24.8. The summed E-state index contributed by atoms with van der Waals surface area (Å²) in [4.78, 5) is 30.8. The zero-order chi connectivity index (χ0) is 25.3. The fourth-order valence-corrected chi connectivity index (χ4v) is 4.83. The predicted octanol–water partition coefficient (Wildman–Crippen LogP) is 4.52. The molecule has 0 atom stereocenters. The van der Waals surface area contributed by atoms with Gasteiger partial charge in [0.05, 0.1) is 18.2 Å². The molecule has 2 amide bonds. The number of carbonyl (C=O) groups is 2. The zero-order valence-corrected chi connectivity index (χ0v) is 21.4. The largest absolute Gasteiger partial charge is 0.477 e. The lowest BCUT2D eigenvalue weighted by Gasteiger charge is -2.38. The number of ether oxygens (including phenoxy) is 1. The van der Waals surface area contributed by atoms with Crippen LogP contribution in [0.25, 0.3) is 22.0 Å². The molecular weight excluding hydrogens is 464 g/mol. The number of hydrogen-bond acceptors (Lipinski definition) is 4. The Kier molecular flexibility index (Phi) is 7.17. The van der Waals surface area contributed by atoms with E-state index in [1.165, 1.54) is 6.08 Å². The van der Waals surface area contributed by atoms with Gasteiger partial charge in [-0.05, 0) is 55.7 Å². The number of likely N-dealkylation sites (tertiary alicyclic amines) is 1. The zero-order valence-electron chi connectivity index (χ0n) is 20.6. The number of carbonyl (C=O) groups excluding carboxylic acids is 2. The van der Waals surface area contributed by atoms with Gasteiger partial charge in [0.2, 0.25) is 17.7 Å². The minimum atomic E-state index is -0.119. The molecule has 1 N–H and O–H groups in total. The molecule has 0 unspecified atom stereocenters. The van der Waals surface area contributed by atoms with Crippen molar-refractivity contribution in [3.8, 4) is 17.0 Å². The third-order valence-corrected chi connectivity index (χ3v) is 6.42. The Balaban J connectivity index is 1.69. The fraction of sp³-hybridized carbons (Fsp3) is 0.370. The van der Waals surface area contributed by atoms with Crippen LogP contribution < -0.4 is 10.1 Å². The summed E-state index contributed by atoms with van der Waals surface area (Å²) in [6.45, 7) is 13.4. The van der Waals surface area contributed by atoms with E-state index in [0.717, 1.165) is 33.3 Å². The number of aromatic nitrogens is 2. The van der Waals surface area contributed by atoms with Crippen molar-refractivity contribution in [2.24, 2.45) is 5.92 Å². The summed E-state index contributed by atoms with van der Waals surface area (Å²) in [5.74, 6) is 0.694. The highest BCUT2D eigenvalue weighted by atomic mass is 35.5. The monoisotopic (exact) mass is 494 g/mol. The Bertz CT molecular complexity index is 1290. The Morgan fingerprint density at radius 3 is 2.74 bits per heavy atom. The molecule has 3 aromatic rings. The lowest BCUT2D eigenvalue weighted by Crippen LogP contribution is -2.61. The number of pyridine rings is 1. The van der Waals surface area contributed by atoms with Gasteiger partial charge in [-0.25, -0.2) is 4.98 Å². The average Bonchev–Trinajstić information content (AvgIpc) is 3.05. The van der Waals surface area contributed by atoms with Crippen LogP contribution in [0.4, 0.5) is 0 Å². The van der Waals surface area contributed by atoms with E-state index in [2.05, 4.69) is 30.7 Å². The van der Waals surface area contributed by atoms with Gasteiger partial charge in [0.25, 0.3) is 0 Å². The van der Waals surface area contributed by atoms with Gasteiger partial charge in [-0.15, -0.1) is 0 Å². The number of rotatable bonds is 8. The number of benzene rings is 1. The number of nitrogens with zero attached hydrogens (tertiary/aromatic N) is 3. The molecule has 1 aliphatic rings. The molecule has 7 nitrogen and oxygen atoms in total. The van der Waals surface area contributed by atoms with Crippen molar-refractivity contribution in [1.29, 1.82) is 0 Å². The van der Waals surface area contributed by atoms with Gasteiger partial charge in [-0.2, -0.15) is 0 Å². The Morgan fingerprint density at radius 1 is 1.31 bits per heavy atom. The lowest BCUT2D eigenvalue weighted by molar-refractivity contribution is -0.133. The summed E-state index contributed by atoms with van der Waals surface area (Å²) in [5.41, 5.74) is 4.69. The van der Waals surface area contributed by atoms with Gasteiger partial charge in [0.1, 0.15) is 6.54 Å². The first-order chi connectivity index (χ1) is 16.7.